The largest absolute Gasteiger partial charge is 0.481 e. The number of aromatic nitrogens is 3. The van der Waals surface area contributed by atoms with E-state index in [4.69, 9.17) is 16.3 Å². The van der Waals surface area contributed by atoms with Crippen LogP contribution >= 0.6 is 11.6 Å². The van der Waals surface area contributed by atoms with Crippen molar-refractivity contribution >= 4 is 22.8 Å². The van der Waals surface area contributed by atoms with Gasteiger partial charge in [-0.05, 0) is 30.7 Å². The van der Waals surface area contributed by atoms with Gasteiger partial charge in [0.1, 0.15) is 11.3 Å². The molecule has 0 saturated heterocycles. The Morgan fingerprint density at radius 1 is 1.24 bits per heavy atom. The normalized spacial score (nSPS) is 22.6. The van der Waals surface area contributed by atoms with Crippen LogP contribution < -0.4 is 4.74 Å². The summed E-state index contributed by atoms with van der Waals surface area (Å²) in [5.41, 5.74) is 1.79. The number of hydrogen-bond acceptors (Lipinski definition) is 3. The molecule has 114 valence electrons. The number of methoxy groups -OCH3 is 1. The molecule has 0 atom stereocenters. The minimum atomic E-state index is 0.418. The summed E-state index contributed by atoms with van der Waals surface area (Å²) in [6.45, 7) is 3.31. The van der Waals surface area contributed by atoms with Crippen molar-refractivity contribution in [1.29, 1.82) is 0 Å². The van der Waals surface area contributed by atoms with Crippen molar-refractivity contribution in [3.63, 3.8) is 0 Å². The van der Waals surface area contributed by atoms with Gasteiger partial charge in [0.2, 0.25) is 5.88 Å². The SMILES string of the molecule is COc1ccc2nc(CCl)n(CC3CCC(C)CC3)c2n1. The first-order chi connectivity index (χ1) is 10.2. The highest BCUT2D eigenvalue weighted by atomic mass is 35.5. The predicted octanol–water partition coefficient (Wildman–Crippen LogP) is 4.01. The summed E-state index contributed by atoms with van der Waals surface area (Å²) in [5.74, 6) is 3.52. The van der Waals surface area contributed by atoms with Crippen LogP contribution in [0.3, 0.4) is 0 Å². The fourth-order valence-electron chi connectivity index (χ4n) is 3.21. The first-order valence-corrected chi connectivity index (χ1v) is 8.20. The monoisotopic (exact) mass is 307 g/mol. The molecule has 5 heteroatoms. The number of pyridine rings is 1. The summed E-state index contributed by atoms with van der Waals surface area (Å²) >= 11 is 6.08. The van der Waals surface area contributed by atoms with Gasteiger partial charge < -0.3 is 9.30 Å². The minimum absolute atomic E-state index is 0.418. The van der Waals surface area contributed by atoms with E-state index in [1.54, 1.807) is 7.11 Å². The van der Waals surface area contributed by atoms with Crippen LogP contribution in [0.25, 0.3) is 11.2 Å². The molecule has 0 amide bonds. The van der Waals surface area contributed by atoms with E-state index in [2.05, 4.69) is 21.5 Å². The molecule has 0 radical (unpaired) electrons. The van der Waals surface area contributed by atoms with Gasteiger partial charge >= 0.3 is 0 Å². The molecule has 0 bridgehead atoms. The molecule has 1 saturated carbocycles. The number of alkyl halides is 1. The van der Waals surface area contributed by atoms with Gasteiger partial charge in [0, 0.05) is 12.6 Å². The van der Waals surface area contributed by atoms with Crippen LogP contribution in [0.2, 0.25) is 0 Å². The Balaban J connectivity index is 1.91. The molecule has 0 unspecified atom stereocenters. The van der Waals surface area contributed by atoms with Crippen LogP contribution in [0, 0.1) is 11.8 Å². The Morgan fingerprint density at radius 2 is 2.00 bits per heavy atom. The summed E-state index contributed by atoms with van der Waals surface area (Å²) in [7, 11) is 1.64. The first-order valence-electron chi connectivity index (χ1n) is 7.67. The number of fused-ring (bicyclic) bond motifs is 1. The molecule has 1 aliphatic rings. The van der Waals surface area contributed by atoms with Crippen LogP contribution in [0.15, 0.2) is 12.1 Å². The zero-order valence-electron chi connectivity index (χ0n) is 12.7. The highest BCUT2D eigenvalue weighted by Gasteiger charge is 2.21. The average Bonchev–Trinajstić information content (AvgIpc) is 2.86. The Morgan fingerprint density at radius 3 is 2.67 bits per heavy atom. The maximum atomic E-state index is 6.08. The molecule has 0 spiro atoms. The Kier molecular flexibility index (Phi) is 4.34. The fraction of sp³-hybridized carbons (Fsp3) is 0.625. The first kappa shape index (κ1) is 14.6. The predicted molar refractivity (Wildman–Crippen MR) is 84.8 cm³/mol. The molecule has 0 aliphatic heterocycles. The molecule has 2 aromatic heterocycles. The summed E-state index contributed by atoms with van der Waals surface area (Å²) in [5, 5.41) is 0. The zero-order valence-corrected chi connectivity index (χ0v) is 13.4. The lowest BCUT2D eigenvalue weighted by Crippen LogP contribution is -2.19. The highest BCUT2D eigenvalue weighted by Crippen LogP contribution is 2.31. The van der Waals surface area contributed by atoms with Crippen molar-refractivity contribution in [2.45, 2.75) is 45.0 Å². The molecule has 3 rings (SSSR count). The van der Waals surface area contributed by atoms with E-state index in [0.717, 1.165) is 29.5 Å². The topological polar surface area (TPSA) is 39.9 Å². The lowest BCUT2D eigenvalue weighted by molar-refractivity contribution is 0.265. The van der Waals surface area contributed by atoms with E-state index < -0.39 is 0 Å². The summed E-state index contributed by atoms with van der Waals surface area (Å²) < 4.78 is 7.43. The van der Waals surface area contributed by atoms with Gasteiger partial charge in [-0.25, -0.2) is 4.98 Å². The van der Waals surface area contributed by atoms with E-state index in [-0.39, 0.29) is 0 Å². The van der Waals surface area contributed by atoms with Gasteiger partial charge in [-0.15, -0.1) is 11.6 Å². The zero-order chi connectivity index (χ0) is 14.8. The van der Waals surface area contributed by atoms with Crippen LogP contribution in [0.4, 0.5) is 0 Å². The van der Waals surface area contributed by atoms with Gasteiger partial charge in [-0.1, -0.05) is 19.8 Å². The second-order valence-electron chi connectivity index (χ2n) is 6.09. The number of imidazole rings is 1. The van der Waals surface area contributed by atoms with Gasteiger partial charge in [-0.3, -0.25) is 0 Å². The van der Waals surface area contributed by atoms with Crippen molar-refractivity contribution in [3.05, 3.63) is 18.0 Å². The van der Waals surface area contributed by atoms with E-state index in [0.29, 0.717) is 17.7 Å². The third-order valence-electron chi connectivity index (χ3n) is 4.55. The van der Waals surface area contributed by atoms with Gasteiger partial charge in [0.25, 0.3) is 0 Å². The third-order valence-corrected chi connectivity index (χ3v) is 4.79. The van der Waals surface area contributed by atoms with E-state index in [1.807, 2.05) is 12.1 Å². The number of rotatable bonds is 4. The van der Waals surface area contributed by atoms with Gasteiger partial charge in [-0.2, -0.15) is 4.98 Å². The molecule has 21 heavy (non-hydrogen) atoms. The number of nitrogens with zero attached hydrogens (tertiary/aromatic N) is 3. The van der Waals surface area contributed by atoms with Crippen LogP contribution in [0.1, 0.15) is 38.4 Å². The van der Waals surface area contributed by atoms with Crippen LogP contribution in [-0.4, -0.2) is 21.6 Å². The number of halogens is 1. The fourth-order valence-corrected chi connectivity index (χ4v) is 3.41. The third kappa shape index (κ3) is 3.00. The van der Waals surface area contributed by atoms with Crippen molar-refractivity contribution in [2.75, 3.05) is 7.11 Å². The lowest BCUT2D eigenvalue weighted by Gasteiger charge is -2.26. The molecule has 0 aromatic carbocycles. The molecule has 4 nitrogen and oxygen atoms in total. The van der Waals surface area contributed by atoms with Crippen molar-refractivity contribution in [3.8, 4) is 5.88 Å². The molecule has 0 N–H and O–H groups in total. The van der Waals surface area contributed by atoms with E-state index in [1.165, 1.54) is 25.7 Å². The quantitative estimate of drug-likeness (QED) is 0.801. The van der Waals surface area contributed by atoms with Crippen LogP contribution in [0.5, 0.6) is 5.88 Å². The second kappa shape index (κ2) is 6.22. The van der Waals surface area contributed by atoms with E-state index in [9.17, 15) is 0 Å². The maximum absolute atomic E-state index is 6.08. The lowest BCUT2D eigenvalue weighted by atomic mass is 9.83. The van der Waals surface area contributed by atoms with Crippen LogP contribution in [-0.2, 0) is 12.4 Å². The van der Waals surface area contributed by atoms with Gasteiger partial charge in [0.15, 0.2) is 5.65 Å². The highest BCUT2D eigenvalue weighted by molar-refractivity contribution is 6.16. The second-order valence-corrected chi connectivity index (χ2v) is 6.36. The molecular weight excluding hydrogens is 286 g/mol. The Hall–Kier alpha value is -1.29. The average molecular weight is 308 g/mol. The van der Waals surface area contributed by atoms with Crippen molar-refractivity contribution in [1.82, 2.24) is 14.5 Å². The standard InChI is InChI=1S/C16H22ClN3O/c1-11-3-5-12(6-4-11)10-20-14(9-17)18-13-7-8-15(21-2)19-16(13)20/h7-8,11-12H,3-6,9-10H2,1-2H3. The minimum Gasteiger partial charge on any atom is -0.481 e. The molecule has 1 aliphatic carbocycles. The van der Waals surface area contributed by atoms with Gasteiger partial charge in [0.05, 0.1) is 13.0 Å². The maximum Gasteiger partial charge on any atom is 0.215 e. The van der Waals surface area contributed by atoms with Crippen molar-refractivity contribution in [2.24, 2.45) is 11.8 Å². The Bertz CT molecular complexity index is 617. The molecule has 2 aromatic rings. The molecule has 2 heterocycles. The summed E-state index contributed by atoms with van der Waals surface area (Å²) in [4.78, 5) is 9.16. The summed E-state index contributed by atoms with van der Waals surface area (Å²) in [6.07, 6.45) is 5.22. The van der Waals surface area contributed by atoms with E-state index >= 15 is 0 Å². The smallest absolute Gasteiger partial charge is 0.215 e. The Labute approximate surface area is 130 Å². The summed E-state index contributed by atoms with van der Waals surface area (Å²) in [6, 6.07) is 3.80. The number of ether oxygens (including phenoxy) is 1. The molecular formula is C16H22ClN3O. The number of hydrogen-bond donors (Lipinski definition) is 0. The van der Waals surface area contributed by atoms with Crippen molar-refractivity contribution < 1.29 is 4.74 Å². The molecule has 1 fully saturated rings.